The van der Waals surface area contributed by atoms with E-state index in [1.807, 2.05) is 0 Å². The maximum absolute atomic E-state index is 10.6. The third kappa shape index (κ3) is 2.06. The predicted molar refractivity (Wildman–Crippen MR) is 41.5 cm³/mol. The first-order chi connectivity index (χ1) is 5.58. The number of esters is 1. The number of epoxide rings is 1. The lowest BCUT2D eigenvalue weighted by molar-refractivity contribution is -0.134. The van der Waals surface area contributed by atoms with Crippen molar-refractivity contribution in [2.24, 2.45) is 0 Å². The zero-order chi connectivity index (χ0) is 9.19. The lowest BCUT2D eigenvalue weighted by Gasteiger charge is -2.08. The maximum atomic E-state index is 10.6. The largest absolute Gasteiger partial charge is 0.466 e. The van der Waals surface area contributed by atoms with Gasteiger partial charge in [0.1, 0.15) is 11.7 Å². The Kier molecular flexibility index (Phi) is 2.49. The van der Waals surface area contributed by atoms with Crippen LogP contribution in [0.1, 0.15) is 6.92 Å². The third-order valence-electron chi connectivity index (χ3n) is 1.84. The molecule has 68 valence electrons. The summed E-state index contributed by atoms with van der Waals surface area (Å²) in [7, 11) is 1.29. The summed E-state index contributed by atoms with van der Waals surface area (Å²) in [5.74, 6) is -0.474. The number of carbonyl (C=O) groups is 1. The molecule has 1 aliphatic rings. The number of ether oxygens (including phenoxy) is 2. The van der Waals surface area contributed by atoms with E-state index in [9.17, 15) is 9.90 Å². The fourth-order valence-electron chi connectivity index (χ4n) is 0.726. The molecule has 0 aliphatic carbocycles. The number of rotatable bonds is 3. The second-order valence-corrected chi connectivity index (χ2v) is 2.93. The quantitative estimate of drug-likeness (QED) is 0.366. The maximum Gasteiger partial charge on any atom is 0.330 e. The van der Waals surface area contributed by atoms with Crippen molar-refractivity contribution in [1.82, 2.24) is 0 Å². The fourth-order valence-corrected chi connectivity index (χ4v) is 0.726. The van der Waals surface area contributed by atoms with E-state index in [2.05, 4.69) is 4.74 Å². The molecular formula is C8H12O4. The molecule has 1 saturated heterocycles. The highest BCUT2D eigenvalue weighted by Gasteiger charge is 2.45. The van der Waals surface area contributed by atoms with Gasteiger partial charge in [0, 0.05) is 6.08 Å². The highest BCUT2D eigenvalue weighted by molar-refractivity contribution is 5.81. The molecule has 1 rings (SSSR count). The second-order valence-electron chi connectivity index (χ2n) is 2.93. The summed E-state index contributed by atoms with van der Waals surface area (Å²) in [4.78, 5) is 10.6. The Hall–Kier alpha value is -0.870. The normalized spacial score (nSPS) is 30.2. The van der Waals surface area contributed by atoms with Gasteiger partial charge in [0.2, 0.25) is 0 Å². The van der Waals surface area contributed by atoms with Gasteiger partial charge in [-0.1, -0.05) is 0 Å². The van der Waals surface area contributed by atoms with Gasteiger partial charge < -0.3 is 14.6 Å². The molecule has 0 spiro atoms. The second kappa shape index (κ2) is 3.25. The Balaban J connectivity index is 2.40. The highest BCUT2D eigenvalue weighted by Crippen LogP contribution is 2.30. The molecule has 1 fully saturated rings. The first-order valence-electron chi connectivity index (χ1n) is 3.67. The molecule has 0 aromatic carbocycles. The van der Waals surface area contributed by atoms with E-state index in [0.717, 1.165) is 0 Å². The Morgan fingerprint density at radius 2 is 2.42 bits per heavy atom. The summed E-state index contributed by atoms with van der Waals surface area (Å²) in [5, 5.41) is 9.37. The minimum atomic E-state index is -0.739. The van der Waals surface area contributed by atoms with E-state index in [1.165, 1.54) is 19.3 Å². The van der Waals surface area contributed by atoms with Crippen molar-refractivity contribution in [2.45, 2.75) is 18.6 Å². The number of methoxy groups -OCH3 is 1. The topological polar surface area (TPSA) is 59.1 Å². The number of carbonyl (C=O) groups excluding carboxylic acids is 1. The Morgan fingerprint density at radius 3 is 2.83 bits per heavy atom. The van der Waals surface area contributed by atoms with Crippen molar-refractivity contribution >= 4 is 5.97 Å². The van der Waals surface area contributed by atoms with E-state index >= 15 is 0 Å². The van der Waals surface area contributed by atoms with Crippen LogP contribution in [0.25, 0.3) is 0 Å². The van der Waals surface area contributed by atoms with E-state index in [1.54, 1.807) is 6.92 Å². The van der Waals surface area contributed by atoms with Gasteiger partial charge in [-0.15, -0.1) is 0 Å². The van der Waals surface area contributed by atoms with Crippen molar-refractivity contribution in [3.05, 3.63) is 12.2 Å². The lowest BCUT2D eigenvalue weighted by atomic mass is 10.1. The first-order valence-corrected chi connectivity index (χ1v) is 3.67. The molecule has 12 heavy (non-hydrogen) atoms. The summed E-state index contributed by atoms with van der Waals surface area (Å²) >= 11 is 0. The minimum Gasteiger partial charge on any atom is -0.466 e. The average molecular weight is 172 g/mol. The van der Waals surface area contributed by atoms with Gasteiger partial charge >= 0.3 is 5.97 Å². The summed E-state index contributed by atoms with van der Waals surface area (Å²) in [6.07, 6.45) is 1.83. The zero-order valence-electron chi connectivity index (χ0n) is 7.11. The summed E-state index contributed by atoms with van der Waals surface area (Å²) in [6.45, 7) is 2.30. The van der Waals surface area contributed by atoms with Crippen LogP contribution in [-0.2, 0) is 14.3 Å². The Bertz CT molecular complexity index is 205. The van der Waals surface area contributed by atoms with Crippen LogP contribution >= 0.6 is 0 Å². The minimum absolute atomic E-state index is 0.474. The van der Waals surface area contributed by atoms with Gasteiger partial charge in [0.15, 0.2) is 0 Å². The summed E-state index contributed by atoms with van der Waals surface area (Å²) in [5.41, 5.74) is -0.496. The standard InChI is InChI=1S/C8H12O4/c1-8(5-12-8)6(9)3-4-7(10)11-2/h3-4,6,9H,5H2,1-2H3/b4-3+/t6-,8+/m1/s1. The average Bonchev–Trinajstić information content (AvgIpc) is 2.80. The fraction of sp³-hybridized carbons (Fsp3) is 0.625. The van der Waals surface area contributed by atoms with Crippen LogP contribution in [0.2, 0.25) is 0 Å². The Labute approximate surface area is 70.8 Å². The van der Waals surface area contributed by atoms with Crippen LogP contribution in [0.15, 0.2) is 12.2 Å². The molecular weight excluding hydrogens is 160 g/mol. The van der Waals surface area contributed by atoms with Crippen LogP contribution < -0.4 is 0 Å². The van der Waals surface area contributed by atoms with Crippen molar-refractivity contribution in [2.75, 3.05) is 13.7 Å². The van der Waals surface area contributed by atoms with Gasteiger partial charge in [-0.25, -0.2) is 4.79 Å². The number of hydrogen-bond acceptors (Lipinski definition) is 4. The van der Waals surface area contributed by atoms with Crippen LogP contribution in [0.4, 0.5) is 0 Å². The number of hydrogen-bond donors (Lipinski definition) is 1. The molecule has 0 saturated carbocycles. The number of aliphatic hydroxyl groups is 1. The van der Waals surface area contributed by atoms with Crippen molar-refractivity contribution < 1.29 is 19.4 Å². The molecule has 4 nitrogen and oxygen atoms in total. The zero-order valence-corrected chi connectivity index (χ0v) is 7.11. The molecule has 1 heterocycles. The molecule has 1 N–H and O–H groups in total. The van der Waals surface area contributed by atoms with E-state index in [-0.39, 0.29) is 0 Å². The van der Waals surface area contributed by atoms with Crippen LogP contribution in [0, 0.1) is 0 Å². The number of aliphatic hydroxyl groups excluding tert-OH is 1. The van der Waals surface area contributed by atoms with Crippen molar-refractivity contribution in [1.29, 1.82) is 0 Å². The third-order valence-corrected chi connectivity index (χ3v) is 1.84. The molecule has 4 heteroatoms. The van der Waals surface area contributed by atoms with Gasteiger partial charge in [-0.05, 0) is 13.0 Å². The van der Waals surface area contributed by atoms with E-state index in [0.29, 0.717) is 6.61 Å². The van der Waals surface area contributed by atoms with Crippen LogP contribution in [0.3, 0.4) is 0 Å². The van der Waals surface area contributed by atoms with E-state index < -0.39 is 17.7 Å². The highest BCUT2D eigenvalue weighted by atomic mass is 16.6. The predicted octanol–water partition coefficient (Wildman–Crippen LogP) is -0.135. The van der Waals surface area contributed by atoms with Gasteiger partial charge in [-0.3, -0.25) is 0 Å². The lowest BCUT2D eigenvalue weighted by Crippen LogP contribution is -2.24. The molecule has 0 unspecified atom stereocenters. The molecule has 0 radical (unpaired) electrons. The Morgan fingerprint density at radius 1 is 1.83 bits per heavy atom. The van der Waals surface area contributed by atoms with Crippen molar-refractivity contribution in [3.63, 3.8) is 0 Å². The van der Waals surface area contributed by atoms with Gasteiger partial charge in [-0.2, -0.15) is 0 Å². The summed E-state index contributed by atoms with van der Waals surface area (Å²) in [6, 6.07) is 0. The molecule has 0 bridgehead atoms. The van der Waals surface area contributed by atoms with Gasteiger partial charge in [0.05, 0.1) is 13.7 Å². The van der Waals surface area contributed by atoms with Crippen molar-refractivity contribution in [3.8, 4) is 0 Å². The van der Waals surface area contributed by atoms with E-state index in [4.69, 9.17) is 4.74 Å². The smallest absolute Gasteiger partial charge is 0.330 e. The molecule has 0 aromatic rings. The molecule has 0 amide bonds. The SMILES string of the molecule is COC(=O)/C=C/[C@@H](O)[C@]1(C)CO1. The van der Waals surface area contributed by atoms with Crippen LogP contribution in [0.5, 0.6) is 0 Å². The monoisotopic (exact) mass is 172 g/mol. The van der Waals surface area contributed by atoms with Gasteiger partial charge in [0.25, 0.3) is 0 Å². The van der Waals surface area contributed by atoms with Crippen LogP contribution in [-0.4, -0.2) is 36.5 Å². The molecule has 1 aliphatic heterocycles. The summed E-state index contributed by atoms with van der Waals surface area (Å²) < 4.78 is 9.33. The first kappa shape index (κ1) is 9.22. The molecule has 0 aromatic heterocycles. The molecule has 2 atom stereocenters.